The van der Waals surface area contributed by atoms with Crippen molar-refractivity contribution in [2.45, 2.75) is 13.0 Å². The molecule has 2 aromatic rings. The van der Waals surface area contributed by atoms with E-state index in [9.17, 15) is 9.18 Å². The summed E-state index contributed by atoms with van der Waals surface area (Å²) in [5.74, 6) is 0.412. The minimum absolute atomic E-state index is 0.119. The van der Waals surface area contributed by atoms with Crippen LogP contribution in [0.4, 0.5) is 4.39 Å². The molecule has 6 nitrogen and oxygen atoms in total. The Morgan fingerprint density at radius 2 is 1.67 bits per heavy atom. The van der Waals surface area contributed by atoms with E-state index in [0.717, 1.165) is 38.7 Å². The van der Waals surface area contributed by atoms with Crippen LogP contribution in [-0.4, -0.2) is 68.0 Å². The van der Waals surface area contributed by atoms with Gasteiger partial charge in [-0.2, -0.15) is 0 Å². The Balaban J connectivity index is 1.34. The first-order valence-corrected chi connectivity index (χ1v) is 10.4. The van der Waals surface area contributed by atoms with Gasteiger partial charge in [0.2, 0.25) is 5.91 Å². The molecule has 0 spiro atoms. The maximum absolute atomic E-state index is 13.2. The van der Waals surface area contributed by atoms with Crippen molar-refractivity contribution in [1.82, 2.24) is 20.4 Å². The molecule has 1 saturated heterocycles. The Hall–Kier alpha value is -2.93. The first-order valence-electron chi connectivity index (χ1n) is 10.4. The Kier molecular flexibility index (Phi) is 8.20. The van der Waals surface area contributed by atoms with Gasteiger partial charge < -0.3 is 15.5 Å². The molecule has 3 rings (SSSR count). The van der Waals surface area contributed by atoms with Gasteiger partial charge >= 0.3 is 0 Å². The fourth-order valence-corrected chi connectivity index (χ4v) is 3.56. The van der Waals surface area contributed by atoms with Crippen molar-refractivity contribution in [3.63, 3.8) is 0 Å². The van der Waals surface area contributed by atoms with Gasteiger partial charge in [0.15, 0.2) is 5.96 Å². The summed E-state index contributed by atoms with van der Waals surface area (Å²) >= 11 is 0. The van der Waals surface area contributed by atoms with Crippen LogP contribution in [0, 0.1) is 5.82 Å². The number of aliphatic imine (C=N–C) groups is 1. The highest BCUT2D eigenvalue weighted by Crippen LogP contribution is 2.08. The Bertz CT molecular complexity index is 834. The summed E-state index contributed by atoms with van der Waals surface area (Å²) in [6.07, 6.45) is 0.176. The van der Waals surface area contributed by atoms with Crippen LogP contribution in [0.5, 0.6) is 0 Å². The smallest absolute Gasteiger partial charge is 0.224 e. The first kappa shape index (κ1) is 21.8. The average molecular weight is 412 g/mol. The highest BCUT2D eigenvalue weighted by Gasteiger charge is 2.19. The summed E-state index contributed by atoms with van der Waals surface area (Å²) in [7, 11) is 1.78. The normalized spacial score (nSPS) is 15.1. The van der Waals surface area contributed by atoms with Crippen LogP contribution in [-0.2, 0) is 17.8 Å². The molecule has 2 N–H and O–H groups in total. The average Bonchev–Trinajstić information content (AvgIpc) is 2.75. The molecule has 2 aromatic carbocycles. The van der Waals surface area contributed by atoms with Crippen LogP contribution >= 0.6 is 0 Å². The lowest BCUT2D eigenvalue weighted by atomic mass is 10.1. The summed E-state index contributed by atoms with van der Waals surface area (Å²) in [6.45, 7) is 5.85. The quantitative estimate of drug-likeness (QED) is 0.415. The maximum atomic E-state index is 13.2. The second-order valence-electron chi connectivity index (χ2n) is 7.38. The fourth-order valence-electron chi connectivity index (χ4n) is 3.56. The van der Waals surface area contributed by atoms with Gasteiger partial charge in [0.25, 0.3) is 0 Å². The molecule has 30 heavy (non-hydrogen) atoms. The summed E-state index contributed by atoms with van der Waals surface area (Å²) in [4.78, 5) is 21.1. The Morgan fingerprint density at radius 1 is 0.967 bits per heavy atom. The number of nitrogens with one attached hydrogen (secondary N) is 2. The summed E-state index contributed by atoms with van der Waals surface area (Å²) in [5, 5.41) is 6.18. The van der Waals surface area contributed by atoms with Gasteiger partial charge in [-0.3, -0.25) is 14.7 Å². The van der Waals surface area contributed by atoms with E-state index in [4.69, 9.17) is 0 Å². The number of rotatable bonds is 7. The molecule has 160 valence electrons. The van der Waals surface area contributed by atoms with Crippen LogP contribution in [0.2, 0.25) is 0 Å². The highest BCUT2D eigenvalue weighted by atomic mass is 19.1. The number of hydrogen-bond acceptors (Lipinski definition) is 3. The zero-order valence-corrected chi connectivity index (χ0v) is 17.5. The minimum Gasteiger partial charge on any atom is -0.354 e. The van der Waals surface area contributed by atoms with E-state index in [-0.39, 0.29) is 18.1 Å². The number of piperazine rings is 1. The van der Waals surface area contributed by atoms with E-state index in [2.05, 4.69) is 49.7 Å². The third-order valence-corrected chi connectivity index (χ3v) is 5.12. The number of benzene rings is 2. The van der Waals surface area contributed by atoms with Gasteiger partial charge in [0.05, 0.1) is 6.42 Å². The number of amides is 1. The standard InChI is InChI=1S/C23H30FN5O/c1-25-23(27-11-10-26-22(30)17-20-8-5-9-21(24)16-20)29-14-12-28(13-15-29)18-19-6-3-2-4-7-19/h2-9,16H,10-15,17-18H2,1H3,(H,25,27)(H,26,30). The number of carbonyl (C=O) groups is 1. The van der Waals surface area contributed by atoms with Crippen LogP contribution in [0.25, 0.3) is 0 Å². The molecule has 0 radical (unpaired) electrons. The third kappa shape index (κ3) is 6.84. The maximum Gasteiger partial charge on any atom is 0.224 e. The van der Waals surface area contributed by atoms with Crippen molar-refractivity contribution in [3.05, 3.63) is 71.5 Å². The van der Waals surface area contributed by atoms with Crippen molar-refractivity contribution in [1.29, 1.82) is 0 Å². The molecule has 0 aromatic heterocycles. The number of halogens is 1. The van der Waals surface area contributed by atoms with Gasteiger partial charge in [-0.1, -0.05) is 42.5 Å². The zero-order valence-electron chi connectivity index (χ0n) is 17.5. The molecule has 0 aliphatic carbocycles. The predicted molar refractivity (Wildman–Crippen MR) is 118 cm³/mol. The Labute approximate surface area is 177 Å². The molecule has 0 unspecified atom stereocenters. The van der Waals surface area contributed by atoms with E-state index in [1.54, 1.807) is 19.2 Å². The zero-order chi connectivity index (χ0) is 21.2. The van der Waals surface area contributed by atoms with E-state index < -0.39 is 0 Å². The Morgan fingerprint density at radius 3 is 2.37 bits per heavy atom. The predicted octanol–water partition coefficient (Wildman–Crippen LogP) is 1.88. The molecule has 1 aliphatic rings. The number of hydrogen-bond donors (Lipinski definition) is 2. The summed E-state index contributed by atoms with van der Waals surface area (Å²) in [5.41, 5.74) is 2.01. The number of carbonyl (C=O) groups excluding carboxylic acids is 1. The van der Waals surface area contributed by atoms with Gasteiger partial charge in [-0.15, -0.1) is 0 Å². The molecule has 0 atom stereocenters. The van der Waals surface area contributed by atoms with Gasteiger partial charge in [-0.25, -0.2) is 4.39 Å². The van der Waals surface area contributed by atoms with E-state index >= 15 is 0 Å². The van der Waals surface area contributed by atoms with Gasteiger partial charge in [0, 0.05) is 52.9 Å². The van der Waals surface area contributed by atoms with Crippen LogP contribution in [0.1, 0.15) is 11.1 Å². The molecular weight excluding hydrogens is 381 g/mol. The summed E-state index contributed by atoms with van der Waals surface area (Å²) in [6, 6.07) is 16.6. The van der Waals surface area contributed by atoms with Crippen molar-refractivity contribution >= 4 is 11.9 Å². The third-order valence-electron chi connectivity index (χ3n) is 5.12. The highest BCUT2D eigenvalue weighted by molar-refractivity contribution is 5.80. The van der Waals surface area contributed by atoms with Crippen molar-refractivity contribution in [2.24, 2.45) is 4.99 Å². The molecule has 1 aliphatic heterocycles. The lowest BCUT2D eigenvalue weighted by Gasteiger charge is -2.36. The van der Waals surface area contributed by atoms with Gasteiger partial charge in [-0.05, 0) is 23.3 Å². The van der Waals surface area contributed by atoms with Crippen molar-refractivity contribution in [2.75, 3.05) is 46.3 Å². The van der Waals surface area contributed by atoms with E-state index in [0.29, 0.717) is 18.7 Å². The second-order valence-corrected chi connectivity index (χ2v) is 7.38. The van der Waals surface area contributed by atoms with Gasteiger partial charge in [0.1, 0.15) is 5.82 Å². The fraction of sp³-hybridized carbons (Fsp3) is 0.391. The summed E-state index contributed by atoms with van der Waals surface area (Å²) < 4.78 is 13.2. The molecule has 1 fully saturated rings. The largest absolute Gasteiger partial charge is 0.354 e. The van der Waals surface area contributed by atoms with Crippen LogP contribution < -0.4 is 10.6 Å². The molecule has 0 saturated carbocycles. The molecule has 0 bridgehead atoms. The van der Waals surface area contributed by atoms with Crippen molar-refractivity contribution < 1.29 is 9.18 Å². The van der Waals surface area contributed by atoms with Crippen LogP contribution in [0.3, 0.4) is 0 Å². The molecular formula is C23H30FN5O. The number of guanidine groups is 1. The lowest BCUT2D eigenvalue weighted by Crippen LogP contribution is -2.53. The van der Waals surface area contributed by atoms with E-state index in [1.807, 2.05) is 6.07 Å². The number of nitrogens with zero attached hydrogens (tertiary/aromatic N) is 3. The topological polar surface area (TPSA) is 60.0 Å². The lowest BCUT2D eigenvalue weighted by molar-refractivity contribution is -0.120. The SMILES string of the molecule is CN=C(NCCNC(=O)Cc1cccc(F)c1)N1CCN(Cc2ccccc2)CC1. The minimum atomic E-state index is -0.324. The molecule has 1 amide bonds. The van der Waals surface area contributed by atoms with Crippen LogP contribution in [0.15, 0.2) is 59.6 Å². The first-order chi connectivity index (χ1) is 14.6. The second kappa shape index (κ2) is 11.3. The molecule has 1 heterocycles. The monoisotopic (exact) mass is 411 g/mol. The van der Waals surface area contributed by atoms with E-state index in [1.165, 1.54) is 17.7 Å². The molecule has 7 heteroatoms. The van der Waals surface area contributed by atoms with Crippen molar-refractivity contribution in [3.8, 4) is 0 Å².